The summed E-state index contributed by atoms with van der Waals surface area (Å²) in [6, 6.07) is 5.48. The number of aryl methyl sites for hydroxylation is 1. The fourth-order valence-electron chi connectivity index (χ4n) is 2.62. The minimum Gasteiger partial charge on any atom is -0.467 e. The molecule has 0 aromatic carbocycles. The number of carbonyl (C=O) groups excluding carboxylic acids is 1. The van der Waals surface area contributed by atoms with Gasteiger partial charge in [-0.1, -0.05) is 0 Å². The lowest BCUT2D eigenvalue weighted by atomic mass is 10.3. The van der Waals surface area contributed by atoms with Crippen molar-refractivity contribution in [1.82, 2.24) is 20.0 Å². The third-order valence-corrected chi connectivity index (χ3v) is 3.93. The Morgan fingerprint density at radius 3 is 2.91 bits per heavy atom. The van der Waals surface area contributed by atoms with Gasteiger partial charge in [0.05, 0.1) is 26.0 Å². The molecule has 0 saturated carbocycles. The zero-order chi connectivity index (χ0) is 16.1. The molecule has 3 rings (SSSR count). The maximum atomic E-state index is 12.7. The Hall–Kier alpha value is -2.12. The Morgan fingerprint density at radius 2 is 2.26 bits per heavy atom. The predicted octanol–water partition coefficient (Wildman–Crippen LogP) is 1.29. The number of morpholine rings is 1. The highest BCUT2D eigenvalue weighted by Gasteiger charge is 2.21. The van der Waals surface area contributed by atoms with Gasteiger partial charge in [0, 0.05) is 31.9 Å². The number of aromatic nitrogens is 2. The molecule has 1 amide bonds. The molecule has 3 heterocycles. The van der Waals surface area contributed by atoms with E-state index in [2.05, 4.69) is 15.1 Å². The third kappa shape index (κ3) is 4.20. The number of hydrogen-bond acceptors (Lipinski definition) is 5. The molecule has 0 bridgehead atoms. The van der Waals surface area contributed by atoms with E-state index in [1.54, 1.807) is 17.2 Å². The molecule has 0 radical (unpaired) electrons. The van der Waals surface area contributed by atoms with E-state index in [1.165, 1.54) is 0 Å². The number of hydrogen-bond donors (Lipinski definition) is 1. The van der Waals surface area contributed by atoms with E-state index in [-0.39, 0.29) is 5.91 Å². The van der Waals surface area contributed by atoms with Gasteiger partial charge in [0.25, 0.3) is 5.91 Å². The van der Waals surface area contributed by atoms with E-state index < -0.39 is 0 Å². The summed E-state index contributed by atoms with van der Waals surface area (Å²) in [7, 11) is 0. The van der Waals surface area contributed by atoms with Crippen LogP contribution in [0, 0.1) is 6.92 Å². The number of aromatic amines is 1. The molecule has 1 aliphatic rings. The van der Waals surface area contributed by atoms with E-state index >= 15 is 0 Å². The summed E-state index contributed by atoms with van der Waals surface area (Å²) in [5.74, 6) is 0.687. The quantitative estimate of drug-likeness (QED) is 0.868. The molecule has 124 valence electrons. The van der Waals surface area contributed by atoms with Crippen LogP contribution < -0.4 is 0 Å². The van der Waals surface area contributed by atoms with Gasteiger partial charge in [0.2, 0.25) is 0 Å². The fraction of sp³-hybridized carbons (Fsp3) is 0.500. The van der Waals surface area contributed by atoms with Crippen molar-refractivity contribution in [3.05, 3.63) is 41.6 Å². The van der Waals surface area contributed by atoms with Crippen LogP contribution >= 0.6 is 0 Å². The molecule has 1 N–H and O–H groups in total. The highest BCUT2D eigenvalue weighted by atomic mass is 16.5. The second-order valence-corrected chi connectivity index (χ2v) is 5.70. The van der Waals surface area contributed by atoms with Crippen LogP contribution in [-0.2, 0) is 11.3 Å². The summed E-state index contributed by atoms with van der Waals surface area (Å²) >= 11 is 0. The molecule has 7 heteroatoms. The molecular formula is C16H22N4O3. The monoisotopic (exact) mass is 318 g/mol. The zero-order valence-electron chi connectivity index (χ0n) is 13.3. The maximum absolute atomic E-state index is 12.7. The maximum Gasteiger partial charge on any atom is 0.274 e. The van der Waals surface area contributed by atoms with Crippen molar-refractivity contribution in [1.29, 1.82) is 0 Å². The number of rotatable bonds is 6. The predicted molar refractivity (Wildman–Crippen MR) is 84.0 cm³/mol. The van der Waals surface area contributed by atoms with Crippen LogP contribution in [0.2, 0.25) is 0 Å². The van der Waals surface area contributed by atoms with Gasteiger partial charge < -0.3 is 14.1 Å². The van der Waals surface area contributed by atoms with Gasteiger partial charge in [-0.2, -0.15) is 5.10 Å². The average Bonchev–Trinajstić information content (AvgIpc) is 3.23. The summed E-state index contributed by atoms with van der Waals surface area (Å²) in [4.78, 5) is 16.8. The highest BCUT2D eigenvalue weighted by molar-refractivity contribution is 5.92. The van der Waals surface area contributed by atoms with Crippen LogP contribution in [0.5, 0.6) is 0 Å². The molecule has 2 aromatic heterocycles. The molecule has 1 fully saturated rings. The van der Waals surface area contributed by atoms with Gasteiger partial charge >= 0.3 is 0 Å². The first-order valence-corrected chi connectivity index (χ1v) is 7.86. The lowest BCUT2D eigenvalue weighted by Gasteiger charge is -2.29. The van der Waals surface area contributed by atoms with Gasteiger partial charge in [-0.25, -0.2) is 0 Å². The first kappa shape index (κ1) is 15.8. The minimum absolute atomic E-state index is 0.0843. The van der Waals surface area contributed by atoms with Crippen molar-refractivity contribution in [2.45, 2.75) is 13.5 Å². The molecule has 7 nitrogen and oxygen atoms in total. The van der Waals surface area contributed by atoms with E-state index in [9.17, 15) is 4.79 Å². The van der Waals surface area contributed by atoms with Crippen LogP contribution in [0.3, 0.4) is 0 Å². The van der Waals surface area contributed by atoms with Crippen LogP contribution in [0.4, 0.5) is 0 Å². The molecular weight excluding hydrogens is 296 g/mol. The normalized spacial score (nSPS) is 15.7. The number of amides is 1. The standard InChI is InChI=1S/C16H22N4O3/c1-13-11-15(18-17-13)16(21)20(12-14-3-2-8-23-14)5-4-19-6-9-22-10-7-19/h2-3,8,11H,4-7,9-10,12H2,1H3,(H,17,18). The van der Waals surface area contributed by atoms with Gasteiger partial charge in [-0.05, 0) is 25.1 Å². The molecule has 0 atom stereocenters. The number of carbonyl (C=O) groups is 1. The SMILES string of the molecule is Cc1cc(C(=O)N(CCN2CCOCC2)Cc2ccco2)n[nH]1. The summed E-state index contributed by atoms with van der Waals surface area (Å²) in [6.45, 7) is 7.10. The van der Waals surface area contributed by atoms with E-state index in [1.807, 2.05) is 19.1 Å². The topological polar surface area (TPSA) is 74.6 Å². The van der Waals surface area contributed by atoms with Crippen molar-refractivity contribution >= 4 is 5.91 Å². The van der Waals surface area contributed by atoms with Gasteiger partial charge in [0.15, 0.2) is 0 Å². The minimum atomic E-state index is -0.0843. The number of furan rings is 1. The molecule has 0 unspecified atom stereocenters. The van der Waals surface area contributed by atoms with E-state index in [4.69, 9.17) is 9.15 Å². The van der Waals surface area contributed by atoms with Crippen LogP contribution in [-0.4, -0.2) is 65.3 Å². The number of ether oxygens (including phenoxy) is 1. The van der Waals surface area contributed by atoms with Crippen LogP contribution in [0.25, 0.3) is 0 Å². The molecule has 23 heavy (non-hydrogen) atoms. The zero-order valence-corrected chi connectivity index (χ0v) is 13.3. The van der Waals surface area contributed by atoms with E-state index in [0.717, 1.165) is 44.3 Å². The van der Waals surface area contributed by atoms with Gasteiger partial charge in [-0.15, -0.1) is 0 Å². The number of nitrogens with one attached hydrogen (secondary N) is 1. The Kier molecular flexibility index (Phi) is 5.09. The Morgan fingerprint density at radius 1 is 1.43 bits per heavy atom. The van der Waals surface area contributed by atoms with Crippen molar-refractivity contribution in [2.75, 3.05) is 39.4 Å². The van der Waals surface area contributed by atoms with Crippen molar-refractivity contribution in [3.63, 3.8) is 0 Å². The van der Waals surface area contributed by atoms with Crippen molar-refractivity contribution < 1.29 is 13.9 Å². The highest BCUT2D eigenvalue weighted by Crippen LogP contribution is 2.11. The molecule has 1 saturated heterocycles. The number of nitrogens with zero attached hydrogens (tertiary/aromatic N) is 3. The average molecular weight is 318 g/mol. The second kappa shape index (κ2) is 7.43. The van der Waals surface area contributed by atoms with E-state index in [0.29, 0.717) is 18.8 Å². The van der Waals surface area contributed by atoms with Crippen LogP contribution in [0.1, 0.15) is 21.9 Å². The lowest BCUT2D eigenvalue weighted by Crippen LogP contribution is -2.43. The largest absolute Gasteiger partial charge is 0.467 e. The summed E-state index contributed by atoms with van der Waals surface area (Å²) < 4.78 is 10.8. The Balaban J connectivity index is 1.66. The molecule has 2 aromatic rings. The first-order chi connectivity index (χ1) is 11.2. The summed E-state index contributed by atoms with van der Waals surface area (Å²) in [6.07, 6.45) is 1.62. The number of H-pyrrole nitrogens is 1. The van der Waals surface area contributed by atoms with Gasteiger partial charge in [0.1, 0.15) is 11.5 Å². The third-order valence-electron chi connectivity index (χ3n) is 3.93. The molecule has 0 spiro atoms. The van der Waals surface area contributed by atoms with Gasteiger partial charge in [-0.3, -0.25) is 14.8 Å². The van der Waals surface area contributed by atoms with Crippen molar-refractivity contribution in [2.24, 2.45) is 0 Å². The molecule has 1 aliphatic heterocycles. The Labute approximate surface area is 135 Å². The molecule has 0 aliphatic carbocycles. The van der Waals surface area contributed by atoms with Crippen molar-refractivity contribution in [3.8, 4) is 0 Å². The summed E-state index contributed by atoms with van der Waals surface area (Å²) in [5, 5.41) is 6.90. The first-order valence-electron chi connectivity index (χ1n) is 7.86. The Bertz CT molecular complexity index is 617. The smallest absolute Gasteiger partial charge is 0.274 e. The second-order valence-electron chi connectivity index (χ2n) is 5.70. The fourth-order valence-corrected chi connectivity index (χ4v) is 2.62. The lowest BCUT2D eigenvalue weighted by molar-refractivity contribution is 0.0315. The summed E-state index contributed by atoms with van der Waals surface area (Å²) in [5.41, 5.74) is 1.32. The van der Waals surface area contributed by atoms with Crippen LogP contribution in [0.15, 0.2) is 28.9 Å².